The second-order valence-corrected chi connectivity index (χ2v) is 5.52. The van der Waals surface area contributed by atoms with Gasteiger partial charge in [0.2, 0.25) is 0 Å². The lowest BCUT2D eigenvalue weighted by Gasteiger charge is -2.17. The highest BCUT2D eigenvalue weighted by Crippen LogP contribution is 2.29. The van der Waals surface area contributed by atoms with Crippen LogP contribution in [0.2, 0.25) is 0 Å². The van der Waals surface area contributed by atoms with Crippen molar-refractivity contribution < 1.29 is 4.79 Å². The van der Waals surface area contributed by atoms with E-state index in [2.05, 4.69) is 15.3 Å². The number of hydrogen-bond donors (Lipinski definition) is 1. The van der Waals surface area contributed by atoms with Crippen LogP contribution in [-0.4, -0.2) is 34.0 Å². The summed E-state index contributed by atoms with van der Waals surface area (Å²) in [5, 5.41) is 4.97. The Bertz CT molecular complexity index is 856. The van der Waals surface area contributed by atoms with E-state index in [1.54, 1.807) is 12.4 Å². The Hall–Kier alpha value is -2.69. The van der Waals surface area contributed by atoms with Crippen molar-refractivity contribution in [2.75, 3.05) is 18.4 Å². The smallest absolute Gasteiger partial charge is 0.321 e. The van der Waals surface area contributed by atoms with Crippen LogP contribution in [0.4, 0.5) is 10.5 Å². The van der Waals surface area contributed by atoms with Crippen molar-refractivity contribution in [3.63, 3.8) is 0 Å². The van der Waals surface area contributed by atoms with Crippen LogP contribution in [0.3, 0.4) is 0 Å². The van der Waals surface area contributed by atoms with Crippen LogP contribution in [0.15, 0.2) is 42.7 Å². The van der Waals surface area contributed by atoms with Gasteiger partial charge in [0.15, 0.2) is 0 Å². The largest absolute Gasteiger partial charge is 0.325 e. The predicted molar refractivity (Wildman–Crippen MR) is 86.9 cm³/mol. The fraction of sp³-hybridized carbons (Fsp3) is 0.235. The molecule has 0 saturated carbocycles. The zero-order valence-electron chi connectivity index (χ0n) is 12.1. The van der Waals surface area contributed by atoms with Crippen LogP contribution in [0.5, 0.6) is 0 Å². The number of nitrogens with one attached hydrogen (secondary N) is 1. The van der Waals surface area contributed by atoms with Gasteiger partial charge in [-0.2, -0.15) is 0 Å². The monoisotopic (exact) mass is 292 g/mol. The highest BCUT2D eigenvalue weighted by Gasteiger charge is 2.19. The predicted octanol–water partition coefficient (Wildman–Crippen LogP) is 3.41. The lowest BCUT2D eigenvalue weighted by molar-refractivity contribution is 0.222. The fourth-order valence-corrected chi connectivity index (χ4v) is 3.00. The maximum atomic E-state index is 12.4. The average Bonchev–Trinajstić information content (AvgIpc) is 3.10. The summed E-state index contributed by atoms with van der Waals surface area (Å²) in [6.07, 6.45) is 5.67. The van der Waals surface area contributed by atoms with Gasteiger partial charge in [-0.1, -0.05) is 6.07 Å². The van der Waals surface area contributed by atoms with Crippen molar-refractivity contribution in [2.24, 2.45) is 0 Å². The molecule has 2 aromatic heterocycles. The maximum absolute atomic E-state index is 12.4. The van der Waals surface area contributed by atoms with Crippen LogP contribution >= 0.6 is 0 Å². The van der Waals surface area contributed by atoms with Crippen LogP contribution in [-0.2, 0) is 0 Å². The van der Waals surface area contributed by atoms with Gasteiger partial charge in [0.1, 0.15) is 0 Å². The van der Waals surface area contributed by atoms with Crippen molar-refractivity contribution >= 4 is 33.5 Å². The zero-order valence-corrected chi connectivity index (χ0v) is 12.1. The first-order valence-electron chi connectivity index (χ1n) is 7.51. The van der Waals surface area contributed by atoms with Crippen molar-refractivity contribution in [3.05, 3.63) is 42.7 Å². The van der Waals surface area contributed by atoms with E-state index < -0.39 is 0 Å². The molecule has 4 rings (SSSR count). The number of likely N-dealkylation sites (tertiary alicyclic amines) is 1. The van der Waals surface area contributed by atoms with Gasteiger partial charge in [0.05, 0.1) is 16.7 Å². The summed E-state index contributed by atoms with van der Waals surface area (Å²) in [6.45, 7) is 1.65. The first kappa shape index (κ1) is 13.0. The molecule has 1 aliphatic rings. The van der Waals surface area contributed by atoms with E-state index in [0.717, 1.165) is 53.4 Å². The SMILES string of the molecule is O=C(Nc1cc2cccnc2c2cccnc12)N1CCCC1. The normalized spacial score (nSPS) is 14.6. The summed E-state index contributed by atoms with van der Waals surface area (Å²) in [4.78, 5) is 23.1. The molecule has 5 heteroatoms. The van der Waals surface area contributed by atoms with Crippen LogP contribution in [0, 0.1) is 0 Å². The quantitative estimate of drug-likeness (QED) is 0.699. The highest BCUT2D eigenvalue weighted by molar-refractivity contribution is 6.11. The van der Waals surface area contributed by atoms with Gasteiger partial charge >= 0.3 is 6.03 Å². The molecule has 5 nitrogen and oxygen atoms in total. The van der Waals surface area contributed by atoms with E-state index in [1.807, 2.05) is 35.2 Å². The highest BCUT2D eigenvalue weighted by atomic mass is 16.2. The molecule has 3 aromatic rings. The fourth-order valence-electron chi connectivity index (χ4n) is 3.00. The molecule has 0 radical (unpaired) electrons. The maximum Gasteiger partial charge on any atom is 0.321 e. The number of rotatable bonds is 1. The van der Waals surface area contributed by atoms with E-state index in [0.29, 0.717) is 0 Å². The Morgan fingerprint density at radius 1 is 1.05 bits per heavy atom. The third-order valence-electron chi connectivity index (χ3n) is 4.09. The van der Waals surface area contributed by atoms with Gasteiger partial charge in [-0.25, -0.2) is 4.79 Å². The molecule has 1 N–H and O–H groups in total. The van der Waals surface area contributed by atoms with Crippen molar-refractivity contribution in [1.82, 2.24) is 14.9 Å². The molecule has 110 valence electrons. The van der Waals surface area contributed by atoms with Gasteiger partial charge in [0.25, 0.3) is 0 Å². The molecule has 0 unspecified atom stereocenters. The van der Waals surface area contributed by atoms with Gasteiger partial charge < -0.3 is 10.2 Å². The lowest BCUT2D eigenvalue weighted by Crippen LogP contribution is -2.32. The molecule has 0 bridgehead atoms. The average molecular weight is 292 g/mol. The van der Waals surface area contributed by atoms with E-state index in [4.69, 9.17) is 0 Å². The summed E-state index contributed by atoms with van der Waals surface area (Å²) in [5.41, 5.74) is 2.43. The number of amides is 2. The number of nitrogens with zero attached hydrogens (tertiary/aromatic N) is 3. The number of fused-ring (bicyclic) bond motifs is 3. The van der Waals surface area contributed by atoms with Crippen LogP contribution in [0.25, 0.3) is 21.8 Å². The zero-order chi connectivity index (χ0) is 14.9. The van der Waals surface area contributed by atoms with Crippen molar-refractivity contribution in [2.45, 2.75) is 12.8 Å². The molecule has 1 aliphatic heterocycles. The lowest BCUT2D eigenvalue weighted by atomic mass is 10.1. The first-order chi connectivity index (χ1) is 10.8. The minimum absolute atomic E-state index is 0.0484. The molecular formula is C17H16N4O. The molecule has 2 amide bonds. The summed E-state index contributed by atoms with van der Waals surface area (Å²) in [6, 6.07) is 9.68. The molecule has 0 atom stereocenters. The topological polar surface area (TPSA) is 58.1 Å². The minimum atomic E-state index is -0.0484. The van der Waals surface area contributed by atoms with E-state index in [-0.39, 0.29) is 6.03 Å². The summed E-state index contributed by atoms with van der Waals surface area (Å²) in [5.74, 6) is 0. The van der Waals surface area contributed by atoms with E-state index in [1.165, 1.54) is 0 Å². The third-order valence-corrected chi connectivity index (χ3v) is 4.09. The standard InChI is InChI=1S/C17H16N4O/c22-17(21-9-1-2-10-21)20-14-11-12-5-3-7-18-15(12)13-6-4-8-19-16(13)14/h3-8,11H,1-2,9-10H2,(H,20,22). The van der Waals surface area contributed by atoms with E-state index in [9.17, 15) is 4.79 Å². The van der Waals surface area contributed by atoms with Crippen molar-refractivity contribution in [1.29, 1.82) is 0 Å². The second-order valence-electron chi connectivity index (χ2n) is 5.52. The van der Waals surface area contributed by atoms with Gasteiger partial charge in [-0.15, -0.1) is 0 Å². The molecule has 0 aliphatic carbocycles. The first-order valence-corrected chi connectivity index (χ1v) is 7.51. The van der Waals surface area contributed by atoms with Gasteiger partial charge in [0, 0.05) is 36.3 Å². The Balaban J connectivity index is 1.83. The Kier molecular flexibility index (Phi) is 3.11. The van der Waals surface area contributed by atoms with Gasteiger partial charge in [-0.05, 0) is 37.1 Å². The molecule has 1 saturated heterocycles. The number of hydrogen-bond acceptors (Lipinski definition) is 3. The summed E-state index contributed by atoms with van der Waals surface area (Å²) < 4.78 is 0. The Labute approximate surface area is 128 Å². The molecule has 0 spiro atoms. The molecule has 1 aromatic carbocycles. The number of carbonyl (C=O) groups excluding carboxylic acids is 1. The number of pyridine rings is 2. The molecular weight excluding hydrogens is 276 g/mol. The Morgan fingerprint density at radius 2 is 1.77 bits per heavy atom. The number of carbonyl (C=O) groups is 1. The second kappa shape index (κ2) is 5.26. The number of aromatic nitrogens is 2. The number of benzene rings is 1. The summed E-state index contributed by atoms with van der Waals surface area (Å²) >= 11 is 0. The van der Waals surface area contributed by atoms with Crippen molar-refractivity contribution in [3.8, 4) is 0 Å². The number of anilines is 1. The molecule has 22 heavy (non-hydrogen) atoms. The van der Waals surface area contributed by atoms with Gasteiger partial charge in [-0.3, -0.25) is 9.97 Å². The van der Waals surface area contributed by atoms with E-state index >= 15 is 0 Å². The van der Waals surface area contributed by atoms with Crippen LogP contribution < -0.4 is 5.32 Å². The molecule has 3 heterocycles. The minimum Gasteiger partial charge on any atom is -0.325 e. The summed E-state index contributed by atoms with van der Waals surface area (Å²) in [7, 11) is 0. The Morgan fingerprint density at radius 3 is 2.59 bits per heavy atom. The third kappa shape index (κ3) is 2.15. The van der Waals surface area contributed by atoms with Crippen LogP contribution in [0.1, 0.15) is 12.8 Å². The molecule has 1 fully saturated rings. The number of urea groups is 1.